The number of hydrogen-bond acceptors (Lipinski definition) is 1. The Bertz CT molecular complexity index is 643. The van der Waals surface area contributed by atoms with Crippen LogP contribution >= 0.6 is 27.5 Å². The predicted molar refractivity (Wildman–Crippen MR) is 83.7 cm³/mol. The van der Waals surface area contributed by atoms with Crippen LogP contribution in [0.5, 0.6) is 0 Å². The van der Waals surface area contributed by atoms with E-state index in [1.165, 1.54) is 12.1 Å². The van der Waals surface area contributed by atoms with Crippen molar-refractivity contribution in [3.63, 3.8) is 0 Å². The predicted octanol–water partition coefficient (Wildman–Crippen LogP) is 5.13. The zero-order valence-corrected chi connectivity index (χ0v) is 13.6. The van der Waals surface area contributed by atoms with Crippen molar-refractivity contribution in [2.75, 3.05) is 0 Å². The van der Waals surface area contributed by atoms with Gasteiger partial charge in [0.25, 0.3) is 0 Å². The third-order valence-electron chi connectivity index (χ3n) is 3.32. The van der Waals surface area contributed by atoms with E-state index in [-0.39, 0.29) is 5.56 Å². The molecule has 1 atom stereocenters. The summed E-state index contributed by atoms with van der Waals surface area (Å²) in [5.41, 5.74) is 3.43. The molecular formula is C16H15BrClFO. The fraction of sp³-hybridized carbons (Fsp3) is 0.250. The Labute approximate surface area is 131 Å². The topological polar surface area (TPSA) is 20.2 Å². The van der Waals surface area contributed by atoms with E-state index in [2.05, 4.69) is 15.9 Å². The number of aryl methyl sites for hydroxylation is 2. The van der Waals surface area contributed by atoms with Gasteiger partial charge in [-0.25, -0.2) is 4.39 Å². The second kappa shape index (κ2) is 6.25. The fourth-order valence-electron chi connectivity index (χ4n) is 2.13. The van der Waals surface area contributed by atoms with Crippen LogP contribution < -0.4 is 0 Å². The lowest BCUT2D eigenvalue weighted by molar-refractivity contribution is 0.173. The first kappa shape index (κ1) is 15.5. The van der Waals surface area contributed by atoms with E-state index in [9.17, 15) is 9.50 Å². The molecule has 0 amide bonds. The molecule has 4 heteroatoms. The summed E-state index contributed by atoms with van der Waals surface area (Å²) in [5, 5.41) is 10.7. The summed E-state index contributed by atoms with van der Waals surface area (Å²) in [6, 6.07) is 8.78. The number of benzene rings is 2. The van der Waals surface area contributed by atoms with E-state index in [0.717, 1.165) is 16.7 Å². The average Bonchev–Trinajstić information content (AvgIpc) is 2.38. The summed E-state index contributed by atoms with van der Waals surface area (Å²) in [7, 11) is 0. The monoisotopic (exact) mass is 356 g/mol. The highest BCUT2D eigenvalue weighted by Gasteiger charge is 2.16. The van der Waals surface area contributed by atoms with Gasteiger partial charge in [0.05, 0.1) is 11.1 Å². The van der Waals surface area contributed by atoms with E-state index in [0.29, 0.717) is 15.9 Å². The first-order valence-corrected chi connectivity index (χ1v) is 7.44. The Morgan fingerprint density at radius 3 is 2.65 bits per heavy atom. The molecule has 0 saturated heterocycles. The van der Waals surface area contributed by atoms with Gasteiger partial charge in [0.1, 0.15) is 5.82 Å². The van der Waals surface area contributed by atoms with Crippen molar-refractivity contribution < 1.29 is 9.50 Å². The Morgan fingerprint density at radius 1 is 1.25 bits per heavy atom. The van der Waals surface area contributed by atoms with Crippen molar-refractivity contribution in [2.24, 2.45) is 0 Å². The van der Waals surface area contributed by atoms with Crippen LogP contribution in [0.3, 0.4) is 0 Å². The van der Waals surface area contributed by atoms with Gasteiger partial charge in [-0.1, -0.05) is 35.4 Å². The standard InChI is InChI=1S/C16H15BrClFO/c1-9-3-4-10(2)11(5-9)6-16(20)12-7-14(18)13(17)8-15(12)19/h3-5,7-8,16,20H,6H2,1-2H3. The minimum Gasteiger partial charge on any atom is -0.388 e. The summed E-state index contributed by atoms with van der Waals surface area (Å²) in [6.45, 7) is 3.97. The molecule has 0 aliphatic rings. The summed E-state index contributed by atoms with van der Waals surface area (Å²) in [5.74, 6) is -0.459. The van der Waals surface area contributed by atoms with Crippen LogP contribution in [0.4, 0.5) is 4.39 Å². The molecule has 0 aliphatic heterocycles. The van der Waals surface area contributed by atoms with E-state index < -0.39 is 11.9 Å². The highest BCUT2D eigenvalue weighted by molar-refractivity contribution is 9.10. The van der Waals surface area contributed by atoms with Gasteiger partial charge in [-0.05, 0) is 53.0 Å². The van der Waals surface area contributed by atoms with Gasteiger partial charge < -0.3 is 5.11 Å². The third kappa shape index (κ3) is 3.40. The van der Waals surface area contributed by atoms with Crippen molar-refractivity contribution in [1.29, 1.82) is 0 Å². The lowest BCUT2D eigenvalue weighted by Gasteiger charge is -2.15. The molecule has 0 bridgehead atoms. The highest BCUT2D eigenvalue weighted by Crippen LogP contribution is 2.30. The third-order valence-corrected chi connectivity index (χ3v) is 4.51. The summed E-state index contributed by atoms with van der Waals surface area (Å²) < 4.78 is 14.4. The quantitative estimate of drug-likeness (QED) is 0.755. The van der Waals surface area contributed by atoms with Crippen LogP contribution in [0, 0.1) is 19.7 Å². The van der Waals surface area contributed by atoms with Crippen LogP contribution in [-0.2, 0) is 6.42 Å². The van der Waals surface area contributed by atoms with Crippen molar-refractivity contribution in [1.82, 2.24) is 0 Å². The molecule has 0 aliphatic carbocycles. The summed E-state index contributed by atoms with van der Waals surface area (Å²) in [4.78, 5) is 0. The van der Waals surface area contributed by atoms with Gasteiger partial charge in [-0.2, -0.15) is 0 Å². The molecule has 0 radical (unpaired) electrons. The van der Waals surface area contributed by atoms with Gasteiger partial charge in [0.15, 0.2) is 0 Å². The maximum absolute atomic E-state index is 13.9. The van der Waals surface area contributed by atoms with Gasteiger partial charge in [-0.3, -0.25) is 0 Å². The van der Waals surface area contributed by atoms with Crippen molar-refractivity contribution >= 4 is 27.5 Å². The molecule has 1 unspecified atom stereocenters. The average molecular weight is 358 g/mol. The molecule has 0 heterocycles. The molecular weight excluding hydrogens is 343 g/mol. The smallest absolute Gasteiger partial charge is 0.130 e. The van der Waals surface area contributed by atoms with Crippen molar-refractivity contribution in [3.8, 4) is 0 Å². The maximum atomic E-state index is 13.9. The van der Waals surface area contributed by atoms with E-state index >= 15 is 0 Å². The number of hydrogen-bond donors (Lipinski definition) is 1. The zero-order chi connectivity index (χ0) is 14.9. The molecule has 0 saturated carbocycles. The number of rotatable bonds is 3. The van der Waals surface area contributed by atoms with Crippen molar-refractivity contribution in [3.05, 3.63) is 67.9 Å². The Balaban J connectivity index is 2.30. The SMILES string of the molecule is Cc1ccc(C)c(CC(O)c2cc(Cl)c(Br)cc2F)c1. The van der Waals surface area contributed by atoms with E-state index in [1.54, 1.807) is 0 Å². The second-order valence-electron chi connectivity index (χ2n) is 4.94. The van der Waals surface area contributed by atoms with Crippen LogP contribution in [0.15, 0.2) is 34.8 Å². The molecule has 106 valence electrons. The first-order chi connectivity index (χ1) is 9.38. The molecule has 2 rings (SSSR count). The number of aliphatic hydroxyl groups is 1. The van der Waals surface area contributed by atoms with Gasteiger partial charge in [0.2, 0.25) is 0 Å². The Morgan fingerprint density at radius 2 is 1.95 bits per heavy atom. The Hall–Kier alpha value is -0.900. The van der Waals surface area contributed by atoms with E-state index in [4.69, 9.17) is 11.6 Å². The summed E-state index contributed by atoms with van der Waals surface area (Å²) in [6.07, 6.45) is -0.552. The molecule has 2 aromatic rings. The Kier molecular flexibility index (Phi) is 4.84. The van der Waals surface area contributed by atoms with E-state index in [1.807, 2.05) is 32.0 Å². The molecule has 20 heavy (non-hydrogen) atoms. The number of halogens is 3. The van der Waals surface area contributed by atoms with Gasteiger partial charge in [-0.15, -0.1) is 0 Å². The van der Waals surface area contributed by atoms with Gasteiger partial charge in [0, 0.05) is 16.5 Å². The summed E-state index contributed by atoms with van der Waals surface area (Å²) >= 11 is 9.13. The molecule has 0 spiro atoms. The molecule has 0 aromatic heterocycles. The van der Waals surface area contributed by atoms with Crippen LogP contribution in [0.25, 0.3) is 0 Å². The largest absolute Gasteiger partial charge is 0.388 e. The minimum atomic E-state index is -0.916. The van der Waals surface area contributed by atoms with Crippen molar-refractivity contribution in [2.45, 2.75) is 26.4 Å². The first-order valence-electron chi connectivity index (χ1n) is 6.27. The normalized spacial score (nSPS) is 12.5. The highest BCUT2D eigenvalue weighted by atomic mass is 79.9. The van der Waals surface area contributed by atoms with Crippen LogP contribution in [0.2, 0.25) is 5.02 Å². The van der Waals surface area contributed by atoms with Crippen LogP contribution in [0.1, 0.15) is 28.4 Å². The van der Waals surface area contributed by atoms with Gasteiger partial charge >= 0.3 is 0 Å². The molecule has 1 nitrogen and oxygen atoms in total. The number of aliphatic hydroxyl groups excluding tert-OH is 1. The zero-order valence-electron chi connectivity index (χ0n) is 11.3. The lowest BCUT2D eigenvalue weighted by Crippen LogP contribution is -2.06. The minimum absolute atomic E-state index is 0.221. The molecule has 1 N–H and O–H groups in total. The molecule has 2 aromatic carbocycles. The molecule has 0 fully saturated rings. The second-order valence-corrected chi connectivity index (χ2v) is 6.20. The fourth-order valence-corrected chi connectivity index (χ4v) is 2.62. The van der Waals surface area contributed by atoms with Crippen LogP contribution in [-0.4, -0.2) is 5.11 Å². The maximum Gasteiger partial charge on any atom is 0.130 e. The lowest BCUT2D eigenvalue weighted by atomic mass is 9.96.